The van der Waals surface area contributed by atoms with Crippen LogP contribution in [0.25, 0.3) is 11.5 Å². The van der Waals surface area contributed by atoms with Gasteiger partial charge in [0.15, 0.2) is 0 Å². The molecule has 5 nitrogen and oxygen atoms in total. The molecule has 0 saturated heterocycles. The van der Waals surface area contributed by atoms with Gasteiger partial charge in [0.1, 0.15) is 0 Å². The summed E-state index contributed by atoms with van der Waals surface area (Å²) in [7, 11) is 0. The van der Waals surface area contributed by atoms with Gasteiger partial charge in [0.2, 0.25) is 5.89 Å². The summed E-state index contributed by atoms with van der Waals surface area (Å²) in [5.41, 5.74) is 0.799. The van der Waals surface area contributed by atoms with Crippen molar-refractivity contribution < 1.29 is 14.3 Å². The molecule has 1 aromatic carbocycles. The number of benzene rings is 1. The Balaban J connectivity index is 2.14. The summed E-state index contributed by atoms with van der Waals surface area (Å²) in [6, 6.07) is 9.27. The lowest BCUT2D eigenvalue weighted by molar-refractivity contribution is -0.304. The number of carbonyl (C=O) groups is 1. The molecule has 1 heterocycles. The molecule has 0 aliphatic carbocycles. The molecule has 0 unspecified atom stereocenters. The van der Waals surface area contributed by atoms with E-state index in [-0.39, 0.29) is 5.22 Å². The van der Waals surface area contributed by atoms with Crippen molar-refractivity contribution in [1.29, 1.82) is 0 Å². The summed E-state index contributed by atoms with van der Waals surface area (Å²) in [6.07, 6.45) is 0. The fraction of sp³-hybridized carbons (Fsp3) is 0.182. The molecule has 0 bridgehead atoms. The smallest absolute Gasteiger partial charge is 0.277 e. The second-order valence-electron chi connectivity index (χ2n) is 3.32. The van der Waals surface area contributed by atoms with Crippen molar-refractivity contribution in [2.75, 3.05) is 0 Å². The van der Waals surface area contributed by atoms with Gasteiger partial charge in [0.05, 0.1) is 11.2 Å². The maximum atomic E-state index is 10.6. The van der Waals surface area contributed by atoms with E-state index in [1.165, 1.54) is 6.92 Å². The highest BCUT2D eigenvalue weighted by Crippen LogP contribution is 2.25. The highest BCUT2D eigenvalue weighted by molar-refractivity contribution is 8.00. The molecule has 88 valence electrons. The molecule has 0 aliphatic rings. The molecule has 17 heavy (non-hydrogen) atoms. The van der Waals surface area contributed by atoms with Crippen molar-refractivity contribution in [3.05, 3.63) is 30.3 Å². The van der Waals surface area contributed by atoms with Crippen LogP contribution in [0.4, 0.5) is 0 Å². The number of aromatic nitrogens is 2. The van der Waals surface area contributed by atoms with Crippen LogP contribution < -0.4 is 5.11 Å². The van der Waals surface area contributed by atoms with Crippen molar-refractivity contribution in [1.82, 2.24) is 10.2 Å². The van der Waals surface area contributed by atoms with E-state index in [9.17, 15) is 9.90 Å². The molecule has 6 heteroatoms. The zero-order chi connectivity index (χ0) is 12.3. The second kappa shape index (κ2) is 5.01. The van der Waals surface area contributed by atoms with Gasteiger partial charge in [0.25, 0.3) is 5.22 Å². The van der Waals surface area contributed by atoms with Gasteiger partial charge in [0, 0.05) is 5.56 Å². The molecule has 0 radical (unpaired) electrons. The van der Waals surface area contributed by atoms with Crippen LogP contribution >= 0.6 is 11.8 Å². The fourth-order valence-corrected chi connectivity index (χ4v) is 1.77. The Hall–Kier alpha value is -1.82. The van der Waals surface area contributed by atoms with E-state index < -0.39 is 11.2 Å². The molecule has 2 aromatic rings. The average molecular weight is 249 g/mol. The molecule has 0 spiro atoms. The first-order valence-electron chi connectivity index (χ1n) is 4.93. The summed E-state index contributed by atoms with van der Waals surface area (Å²) >= 11 is 0.965. The van der Waals surface area contributed by atoms with Gasteiger partial charge in [-0.05, 0) is 19.1 Å². The second-order valence-corrected chi connectivity index (χ2v) is 4.61. The monoisotopic (exact) mass is 249 g/mol. The van der Waals surface area contributed by atoms with Crippen LogP contribution in [0.5, 0.6) is 0 Å². The number of carbonyl (C=O) groups excluding carboxylic acids is 1. The van der Waals surface area contributed by atoms with Gasteiger partial charge in [-0.1, -0.05) is 30.0 Å². The van der Waals surface area contributed by atoms with Gasteiger partial charge in [-0.25, -0.2) is 0 Å². The molecule has 0 N–H and O–H groups in total. The normalized spacial score (nSPS) is 12.3. The zero-order valence-corrected chi connectivity index (χ0v) is 9.81. The van der Waals surface area contributed by atoms with E-state index in [0.29, 0.717) is 5.89 Å². The summed E-state index contributed by atoms with van der Waals surface area (Å²) in [6.45, 7) is 1.51. The van der Waals surface area contributed by atoms with E-state index in [1.54, 1.807) is 0 Å². The molecule has 0 aliphatic heterocycles. The fourth-order valence-electron chi connectivity index (χ4n) is 1.15. The summed E-state index contributed by atoms with van der Waals surface area (Å²) < 4.78 is 5.34. The van der Waals surface area contributed by atoms with Gasteiger partial charge in [-0.3, -0.25) is 0 Å². The van der Waals surface area contributed by atoms with Crippen LogP contribution in [-0.2, 0) is 4.79 Å². The Morgan fingerprint density at radius 2 is 2.06 bits per heavy atom. The van der Waals surface area contributed by atoms with E-state index in [0.717, 1.165) is 17.3 Å². The minimum absolute atomic E-state index is 0.223. The quantitative estimate of drug-likeness (QED) is 0.751. The molecular formula is C11H9N2O3S-. The number of aliphatic carboxylic acids is 1. The lowest BCUT2D eigenvalue weighted by Gasteiger charge is -2.07. The number of rotatable bonds is 4. The van der Waals surface area contributed by atoms with Crippen LogP contribution in [0, 0.1) is 0 Å². The molecule has 2 rings (SSSR count). The van der Waals surface area contributed by atoms with Crippen molar-refractivity contribution in [3.8, 4) is 11.5 Å². The Bertz CT molecular complexity index is 512. The van der Waals surface area contributed by atoms with E-state index in [2.05, 4.69) is 10.2 Å². The van der Waals surface area contributed by atoms with Crippen LogP contribution in [0.2, 0.25) is 0 Å². The highest BCUT2D eigenvalue weighted by atomic mass is 32.2. The maximum absolute atomic E-state index is 10.6. The standard InChI is InChI=1S/C11H10N2O3S/c1-7(10(14)15)17-11-13-12-9(16-11)8-5-3-2-4-6-8/h2-7H,1H3,(H,14,15)/p-1/t7-/m1/s1. The van der Waals surface area contributed by atoms with Crippen molar-refractivity contribution in [2.24, 2.45) is 0 Å². The van der Waals surface area contributed by atoms with Crippen LogP contribution in [0.3, 0.4) is 0 Å². The number of carboxylic acid groups (broad SMARTS) is 1. The Labute approximate surface area is 102 Å². The average Bonchev–Trinajstić information content (AvgIpc) is 2.78. The Morgan fingerprint density at radius 3 is 2.71 bits per heavy atom. The van der Waals surface area contributed by atoms with Crippen molar-refractivity contribution >= 4 is 17.7 Å². The number of thioether (sulfide) groups is 1. The number of nitrogens with zero attached hydrogens (tertiary/aromatic N) is 2. The molecule has 1 atom stereocenters. The number of carboxylic acids is 1. The third-order valence-corrected chi connectivity index (χ3v) is 2.95. The first-order valence-corrected chi connectivity index (χ1v) is 5.81. The van der Waals surface area contributed by atoms with E-state index >= 15 is 0 Å². The minimum Gasteiger partial charge on any atom is -0.549 e. The predicted molar refractivity (Wildman–Crippen MR) is 60.1 cm³/mol. The molecule has 0 amide bonds. The summed E-state index contributed by atoms with van der Waals surface area (Å²) in [5, 5.41) is 17.7. The lowest BCUT2D eigenvalue weighted by atomic mass is 10.2. The lowest BCUT2D eigenvalue weighted by Crippen LogP contribution is -2.31. The third-order valence-electron chi connectivity index (χ3n) is 2.04. The Morgan fingerprint density at radius 1 is 1.35 bits per heavy atom. The topological polar surface area (TPSA) is 79.0 Å². The highest BCUT2D eigenvalue weighted by Gasteiger charge is 2.12. The number of hydrogen-bond acceptors (Lipinski definition) is 6. The van der Waals surface area contributed by atoms with Crippen LogP contribution in [0.15, 0.2) is 40.0 Å². The Kier molecular flexibility index (Phi) is 3.43. The minimum atomic E-state index is -1.16. The van der Waals surface area contributed by atoms with Crippen molar-refractivity contribution in [3.63, 3.8) is 0 Å². The number of hydrogen-bond donors (Lipinski definition) is 0. The van der Waals surface area contributed by atoms with Gasteiger partial charge in [-0.15, -0.1) is 10.2 Å². The zero-order valence-electron chi connectivity index (χ0n) is 8.99. The SMILES string of the molecule is C[C@@H](Sc1nnc(-c2ccccc2)o1)C(=O)[O-]. The van der Waals surface area contributed by atoms with Crippen molar-refractivity contribution in [2.45, 2.75) is 17.4 Å². The van der Waals surface area contributed by atoms with Crippen LogP contribution in [0.1, 0.15) is 6.92 Å². The van der Waals surface area contributed by atoms with Gasteiger partial charge < -0.3 is 14.3 Å². The van der Waals surface area contributed by atoms with Gasteiger partial charge in [-0.2, -0.15) is 0 Å². The maximum Gasteiger partial charge on any atom is 0.277 e. The predicted octanol–water partition coefficient (Wildman–Crippen LogP) is 0.967. The molecule has 0 saturated carbocycles. The third kappa shape index (κ3) is 2.85. The molecular weight excluding hydrogens is 240 g/mol. The summed E-state index contributed by atoms with van der Waals surface area (Å²) in [4.78, 5) is 10.6. The first kappa shape index (κ1) is 11.7. The summed E-state index contributed by atoms with van der Waals surface area (Å²) in [5.74, 6) is -0.784. The van der Waals surface area contributed by atoms with E-state index in [1.807, 2.05) is 30.3 Å². The molecule has 1 aromatic heterocycles. The molecule has 0 fully saturated rings. The first-order chi connectivity index (χ1) is 8.16. The van der Waals surface area contributed by atoms with Gasteiger partial charge >= 0.3 is 0 Å². The largest absolute Gasteiger partial charge is 0.549 e. The van der Waals surface area contributed by atoms with Crippen LogP contribution in [-0.4, -0.2) is 21.4 Å². The van der Waals surface area contributed by atoms with E-state index in [4.69, 9.17) is 4.42 Å².